The van der Waals surface area contributed by atoms with Gasteiger partial charge < -0.3 is 10.1 Å². The van der Waals surface area contributed by atoms with Crippen molar-refractivity contribution in [3.8, 4) is 0 Å². The number of carbonyl (C=O) groups excluding carboxylic acids is 1. The first kappa shape index (κ1) is 21.7. The molecule has 1 aromatic heterocycles. The van der Waals surface area contributed by atoms with E-state index in [4.69, 9.17) is 4.74 Å². The van der Waals surface area contributed by atoms with Crippen LogP contribution in [0.4, 0.5) is 13.2 Å². The number of amides is 1. The number of ether oxygens (including phenoxy) is 1. The second-order valence-corrected chi connectivity index (χ2v) is 6.79. The summed E-state index contributed by atoms with van der Waals surface area (Å²) in [4.78, 5) is 14.6. The van der Waals surface area contributed by atoms with E-state index in [0.29, 0.717) is 19.8 Å². The average Bonchev–Trinajstić information content (AvgIpc) is 3.16. The normalized spacial score (nSPS) is 16.4. The number of morpholine rings is 1. The van der Waals surface area contributed by atoms with Gasteiger partial charge in [0.2, 0.25) is 0 Å². The first-order chi connectivity index (χ1) is 12.4. The third kappa shape index (κ3) is 5.68. The monoisotopic (exact) mass is 420 g/mol. The van der Waals surface area contributed by atoms with Gasteiger partial charge in [-0.15, -0.1) is 12.4 Å². The summed E-state index contributed by atoms with van der Waals surface area (Å²) in [6.07, 6.45) is -4.47. The molecule has 2 heterocycles. The molecular formula is C18H20ClF3N2O2S. The van der Waals surface area contributed by atoms with E-state index in [1.807, 2.05) is 16.8 Å². The van der Waals surface area contributed by atoms with Crippen LogP contribution in [0.1, 0.15) is 27.5 Å². The first-order valence-electron chi connectivity index (χ1n) is 8.24. The van der Waals surface area contributed by atoms with Crippen LogP contribution in [0, 0.1) is 0 Å². The Balaban J connectivity index is 0.00000261. The van der Waals surface area contributed by atoms with Crippen molar-refractivity contribution in [1.82, 2.24) is 10.2 Å². The Morgan fingerprint density at radius 1 is 1.26 bits per heavy atom. The number of hydrogen-bond donors (Lipinski definition) is 1. The van der Waals surface area contributed by atoms with Gasteiger partial charge in [0.25, 0.3) is 5.91 Å². The number of nitrogens with one attached hydrogen (secondary N) is 1. The highest BCUT2D eigenvalue weighted by Gasteiger charge is 2.31. The standard InChI is InChI=1S/C18H19F3N2O2S.ClH/c19-18(20,21)15-3-1-2-13(10-15)17(24)22-11-16(14-4-9-26-12-14)23-5-7-25-8-6-23;/h1-4,9-10,12,16H,5-8,11H2,(H,22,24);1H. The quantitative estimate of drug-likeness (QED) is 0.795. The van der Waals surface area contributed by atoms with Crippen molar-refractivity contribution >= 4 is 29.7 Å². The molecule has 4 nitrogen and oxygen atoms in total. The smallest absolute Gasteiger partial charge is 0.379 e. The van der Waals surface area contributed by atoms with E-state index in [1.165, 1.54) is 12.1 Å². The fourth-order valence-corrected chi connectivity index (χ4v) is 3.65. The maximum Gasteiger partial charge on any atom is 0.416 e. The minimum Gasteiger partial charge on any atom is -0.379 e. The van der Waals surface area contributed by atoms with Crippen LogP contribution in [0.25, 0.3) is 0 Å². The van der Waals surface area contributed by atoms with Crippen molar-refractivity contribution in [2.75, 3.05) is 32.8 Å². The zero-order valence-corrected chi connectivity index (χ0v) is 16.0. The van der Waals surface area contributed by atoms with E-state index < -0.39 is 17.6 Å². The molecule has 0 spiro atoms. The number of halogens is 4. The van der Waals surface area contributed by atoms with Gasteiger partial charge in [0.15, 0.2) is 0 Å². The molecule has 1 fully saturated rings. The second kappa shape index (κ2) is 9.54. The predicted molar refractivity (Wildman–Crippen MR) is 100 cm³/mol. The summed E-state index contributed by atoms with van der Waals surface area (Å²) in [5.74, 6) is -0.510. The number of carbonyl (C=O) groups is 1. The Labute approximate surface area is 165 Å². The third-order valence-electron chi connectivity index (χ3n) is 4.32. The Morgan fingerprint density at radius 2 is 2.00 bits per heavy atom. The van der Waals surface area contributed by atoms with Crippen molar-refractivity contribution < 1.29 is 22.7 Å². The molecule has 148 valence electrons. The molecule has 27 heavy (non-hydrogen) atoms. The van der Waals surface area contributed by atoms with Crippen LogP contribution < -0.4 is 5.32 Å². The lowest BCUT2D eigenvalue weighted by Crippen LogP contribution is -2.43. The van der Waals surface area contributed by atoms with Crippen LogP contribution in [0.5, 0.6) is 0 Å². The Kier molecular flexibility index (Phi) is 7.67. The number of nitrogens with zero attached hydrogens (tertiary/aromatic N) is 1. The summed E-state index contributed by atoms with van der Waals surface area (Å²) in [5.41, 5.74) is 0.264. The highest BCUT2D eigenvalue weighted by atomic mass is 35.5. The van der Waals surface area contributed by atoms with Crippen molar-refractivity contribution in [1.29, 1.82) is 0 Å². The molecule has 1 unspecified atom stereocenters. The maximum absolute atomic E-state index is 12.8. The van der Waals surface area contributed by atoms with Gasteiger partial charge in [0.05, 0.1) is 24.8 Å². The number of alkyl halides is 3. The summed E-state index contributed by atoms with van der Waals surface area (Å²) in [6, 6.07) is 6.44. The molecule has 3 rings (SSSR count). The molecule has 1 saturated heterocycles. The lowest BCUT2D eigenvalue weighted by atomic mass is 10.1. The molecule has 1 aliphatic rings. The topological polar surface area (TPSA) is 41.6 Å². The van der Waals surface area contributed by atoms with Crippen molar-refractivity contribution in [3.63, 3.8) is 0 Å². The maximum atomic E-state index is 12.8. The van der Waals surface area contributed by atoms with E-state index in [1.54, 1.807) is 11.3 Å². The molecule has 1 atom stereocenters. The molecule has 9 heteroatoms. The van der Waals surface area contributed by atoms with Gasteiger partial charge >= 0.3 is 6.18 Å². The highest BCUT2D eigenvalue weighted by Crippen LogP contribution is 2.29. The minimum absolute atomic E-state index is 0. The zero-order chi connectivity index (χ0) is 18.6. The third-order valence-corrected chi connectivity index (χ3v) is 5.02. The van der Waals surface area contributed by atoms with Gasteiger partial charge in [-0.25, -0.2) is 0 Å². The molecular weight excluding hydrogens is 401 g/mol. The summed E-state index contributed by atoms with van der Waals surface area (Å²) in [6.45, 7) is 3.08. The molecule has 2 aromatic rings. The Bertz CT molecular complexity index is 734. The first-order valence-corrected chi connectivity index (χ1v) is 9.19. The zero-order valence-electron chi connectivity index (χ0n) is 14.4. The fraction of sp³-hybridized carbons (Fsp3) is 0.389. The summed E-state index contributed by atoms with van der Waals surface area (Å²) >= 11 is 1.57. The van der Waals surface area contributed by atoms with Crippen LogP contribution >= 0.6 is 23.7 Å². The van der Waals surface area contributed by atoms with Crippen LogP contribution in [0.15, 0.2) is 41.1 Å². The molecule has 1 amide bonds. The Morgan fingerprint density at radius 3 is 2.63 bits per heavy atom. The number of thiophene rings is 1. The van der Waals surface area contributed by atoms with E-state index in [0.717, 1.165) is 30.8 Å². The lowest BCUT2D eigenvalue weighted by molar-refractivity contribution is -0.137. The SMILES string of the molecule is Cl.O=C(NCC(c1ccsc1)N1CCOCC1)c1cccc(C(F)(F)F)c1. The predicted octanol–water partition coefficient (Wildman–Crippen LogP) is 3.99. The van der Waals surface area contributed by atoms with Crippen LogP contribution in [0.3, 0.4) is 0 Å². The largest absolute Gasteiger partial charge is 0.416 e. The van der Waals surface area contributed by atoms with Gasteiger partial charge in [-0.1, -0.05) is 6.07 Å². The van der Waals surface area contributed by atoms with Gasteiger partial charge in [-0.05, 0) is 40.6 Å². The van der Waals surface area contributed by atoms with Gasteiger partial charge in [0, 0.05) is 25.2 Å². The van der Waals surface area contributed by atoms with Crippen molar-refractivity contribution in [3.05, 3.63) is 57.8 Å². The average molecular weight is 421 g/mol. The second-order valence-electron chi connectivity index (χ2n) is 6.01. The molecule has 1 aromatic carbocycles. The van der Waals surface area contributed by atoms with Crippen LogP contribution in [-0.4, -0.2) is 43.7 Å². The van der Waals surface area contributed by atoms with E-state index in [-0.39, 0.29) is 24.0 Å². The van der Waals surface area contributed by atoms with E-state index >= 15 is 0 Å². The molecule has 1 aliphatic heterocycles. The van der Waals surface area contributed by atoms with E-state index in [9.17, 15) is 18.0 Å². The number of hydrogen-bond acceptors (Lipinski definition) is 4. The summed E-state index contributed by atoms with van der Waals surface area (Å²) < 4.78 is 43.8. The molecule has 0 aliphatic carbocycles. The van der Waals surface area contributed by atoms with E-state index in [2.05, 4.69) is 10.2 Å². The van der Waals surface area contributed by atoms with Gasteiger partial charge in [-0.2, -0.15) is 24.5 Å². The van der Waals surface area contributed by atoms with Gasteiger partial charge in [0.1, 0.15) is 0 Å². The van der Waals surface area contributed by atoms with Gasteiger partial charge in [-0.3, -0.25) is 9.69 Å². The highest BCUT2D eigenvalue weighted by molar-refractivity contribution is 7.07. The van der Waals surface area contributed by atoms with Crippen molar-refractivity contribution in [2.24, 2.45) is 0 Å². The summed E-state index contributed by atoms with van der Waals surface area (Å²) in [5, 5.41) is 6.77. The summed E-state index contributed by atoms with van der Waals surface area (Å²) in [7, 11) is 0. The number of rotatable bonds is 5. The molecule has 1 N–H and O–H groups in total. The molecule has 0 saturated carbocycles. The lowest BCUT2D eigenvalue weighted by Gasteiger charge is -2.34. The van der Waals surface area contributed by atoms with Crippen molar-refractivity contribution in [2.45, 2.75) is 12.2 Å². The fourth-order valence-electron chi connectivity index (χ4n) is 2.94. The van der Waals surface area contributed by atoms with Crippen LogP contribution in [0.2, 0.25) is 0 Å². The molecule has 0 radical (unpaired) electrons. The minimum atomic E-state index is -4.47. The Hall–Kier alpha value is -1.61. The number of benzene rings is 1. The molecule has 0 bridgehead atoms. The van der Waals surface area contributed by atoms with Crippen LogP contribution in [-0.2, 0) is 10.9 Å².